The predicted octanol–water partition coefficient (Wildman–Crippen LogP) is 5.90. The maximum Gasteiger partial charge on any atom is 0.0659 e. The summed E-state index contributed by atoms with van der Waals surface area (Å²) in [7, 11) is 0. The molecule has 0 saturated heterocycles. The van der Waals surface area contributed by atoms with E-state index in [4.69, 9.17) is 10.7 Å². The van der Waals surface area contributed by atoms with Gasteiger partial charge in [0.25, 0.3) is 0 Å². The molecule has 3 aromatic heterocycles. The monoisotopic (exact) mass is 464 g/mol. The van der Waals surface area contributed by atoms with Crippen LogP contribution in [0.3, 0.4) is 0 Å². The Morgan fingerprint density at radius 3 is 1.91 bits per heavy atom. The Kier molecular flexibility index (Phi) is 5.02. The van der Waals surface area contributed by atoms with E-state index < -0.39 is 0 Å². The number of aromatic amines is 2. The van der Waals surface area contributed by atoms with Crippen LogP contribution in [0.25, 0.3) is 57.5 Å². The van der Waals surface area contributed by atoms with Crippen LogP contribution in [0.2, 0.25) is 0 Å². The molecule has 6 rings (SSSR count). The molecular weight excluding hydrogens is 446 g/mol. The summed E-state index contributed by atoms with van der Waals surface area (Å²) in [5.41, 5.74) is 16.6. The van der Waals surface area contributed by atoms with Crippen molar-refractivity contribution in [2.75, 3.05) is 5.73 Å². The normalized spacial score (nSPS) is 12.0. The molecule has 4 aromatic rings. The molecule has 0 spiro atoms. The molecule has 0 atom stereocenters. The fraction of sp³-hybridized carbons (Fsp3) is 0. The molecule has 4 N–H and O–H groups in total. The number of hydrogen-bond acceptors (Lipinski definition) is 3. The number of aromatic nitrogens is 4. The molecule has 0 aliphatic carbocycles. The van der Waals surface area contributed by atoms with Crippen LogP contribution in [0.4, 0.5) is 5.69 Å². The van der Waals surface area contributed by atoms with E-state index in [9.17, 15) is 0 Å². The van der Waals surface area contributed by atoms with Gasteiger partial charge in [0.2, 0.25) is 0 Å². The third-order valence-electron chi connectivity index (χ3n) is 5.42. The largest absolute Gasteiger partial charge is 0.398 e. The second-order valence-electron chi connectivity index (χ2n) is 7.68. The van der Waals surface area contributed by atoms with Crippen LogP contribution in [0.5, 0.6) is 0 Å². The summed E-state index contributed by atoms with van der Waals surface area (Å²) in [5, 5.41) is 0. The molecule has 8 bridgehead atoms. The summed E-state index contributed by atoms with van der Waals surface area (Å²) >= 11 is 0. The first-order valence-electron chi connectivity index (χ1n) is 10.1. The van der Waals surface area contributed by atoms with Gasteiger partial charge in [-0.1, -0.05) is 18.2 Å². The van der Waals surface area contributed by atoms with Crippen molar-refractivity contribution in [3.63, 3.8) is 0 Å². The average Bonchev–Trinajstić information content (AvgIpc) is 3.53. The maximum atomic E-state index is 6.29. The fourth-order valence-corrected chi connectivity index (χ4v) is 3.98. The van der Waals surface area contributed by atoms with Gasteiger partial charge in [0, 0.05) is 55.9 Å². The molecule has 1 aromatic carbocycles. The smallest absolute Gasteiger partial charge is 0.0659 e. The fourth-order valence-electron chi connectivity index (χ4n) is 3.98. The number of fused-ring (bicyclic) bond motifs is 8. The Bertz CT molecular complexity index is 1560. The number of benzene rings is 1. The van der Waals surface area contributed by atoms with Gasteiger partial charge in [-0.05, 0) is 72.8 Å². The van der Waals surface area contributed by atoms with E-state index in [0.717, 1.165) is 61.7 Å². The number of H-pyrrole nitrogens is 2. The van der Waals surface area contributed by atoms with Crippen molar-refractivity contribution in [3.05, 3.63) is 89.5 Å². The maximum absolute atomic E-state index is 6.29. The molecule has 2 aliphatic rings. The predicted molar refractivity (Wildman–Crippen MR) is 129 cm³/mol. The molecule has 2 aliphatic heterocycles. The molecule has 6 heteroatoms. The number of rotatable bonds is 1. The number of hydrogen-bond donors (Lipinski definition) is 3. The van der Waals surface area contributed by atoms with Crippen LogP contribution in [-0.2, 0) is 17.1 Å². The average molecular weight is 465 g/mol. The number of nitrogens with two attached hydrogens (primary N) is 1. The van der Waals surface area contributed by atoms with E-state index in [1.165, 1.54) is 0 Å². The molecule has 5 heterocycles. The topological polar surface area (TPSA) is 83.4 Å². The Labute approximate surface area is 195 Å². The number of nitrogens with one attached hydrogen (secondary N) is 2. The minimum atomic E-state index is 0. The van der Waals surface area contributed by atoms with Gasteiger partial charge in [-0.2, -0.15) is 0 Å². The molecule has 0 unspecified atom stereocenters. The molecule has 32 heavy (non-hydrogen) atoms. The molecule has 159 valence electrons. The minimum Gasteiger partial charge on any atom is -0.398 e. The number of anilines is 1. The third-order valence-corrected chi connectivity index (χ3v) is 5.42. The summed E-state index contributed by atoms with van der Waals surface area (Å²) < 4.78 is 0. The first kappa shape index (κ1) is 20.1. The van der Waals surface area contributed by atoms with Gasteiger partial charge in [-0.3, -0.25) is 0 Å². The van der Waals surface area contributed by atoms with Crippen molar-refractivity contribution < 1.29 is 17.1 Å². The van der Waals surface area contributed by atoms with E-state index in [1.807, 2.05) is 60.7 Å². The van der Waals surface area contributed by atoms with Gasteiger partial charge in [-0.15, -0.1) is 0 Å². The Hall–Kier alpha value is -3.86. The summed E-state index contributed by atoms with van der Waals surface area (Å²) in [4.78, 5) is 16.4. The third kappa shape index (κ3) is 3.78. The second-order valence-corrected chi connectivity index (χ2v) is 7.68. The van der Waals surface area contributed by atoms with Crippen molar-refractivity contribution in [1.29, 1.82) is 0 Å². The zero-order valence-corrected chi connectivity index (χ0v) is 17.9. The SMILES string of the molecule is Nc1ccccc1-c1cc2cc3ccc(cc4nc(cc5nc(cc1[nH]2)C=C5)C=C4)[nH]3.[Cu]. The van der Waals surface area contributed by atoms with Gasteiger partial charge >= 0.3 is 0 Å². The molecule has 0 saturated carbocycles. The number of para-hydroxylation sites is 1. The van der Waals surface area contributed by atoms with Crippen LogP contribution in [0.1, 0.15) is 22.8 Å². The number of nitrogens with zero attached hydrogens (tertiary/aromatic N) is 2. The Morgan fingerprint density at radius 1 is 0.562 bits per heavy atom. The van der Waals surface area contributed by atoms with Gasteiger partial charge in [-0.25, -0.2) is 9.97 Å². The van der Waals surface area contributed by atoms with Crippen LogP contribution < -0.4 is 5.73 Å². The molecule has 1 radical (unpaired) electrons. The van der Waals surface area contributed by atoms with E-state index in [0.29, 0.717) is 0 Å². The first-order valence-corrected chi connectivity index (χ1v) is 10.1. The van der Waals surface area contributed by atoms with E-state index in [1.54, 1.807) is 0 Å². The molecule has 5 nitrogen and oxygen atoms in total. The van der Waals surface area contributed by atoms with E-state index in [-0.39, 0.29) is 17.1 Å². The van der Waals surface area contributed by atoms with Crippen LogP contribution >= 0.6 is 0 Å². The summed E-state index contributed by atoms with van der Waals surface area (Å²) in [6, 6.07) is 22.3. The number of nitrogen functional groups attached to an aromatic ring is 1. The van der Waals surface area contributed by atoms with Crippen molar-refractivity contribution in [2.24, 2.45) is 0 Å². The zero-order chi connectivity index (χ0) is 20.8. The Balaban J connectivity index is 0.00000216. The Morgan fingerprint density at radius 2 is 1.19 bits per heavy atom. The van der Waals surface area contributed by atoms with Crippen LogP contribution in [-0.4, -0.2) is 19.9 Å². The van der Waals surface area contributed by atoms with Crippen molar-refractivity contribution in [1.82, 2.24) is 19.9 Å². The van der Waals surface area contributed by atoms with Crippen molar-refractivity contribution in [2.45, 2.75) is 0 Å². The molecule has 0 amide bonds. The summed E-state index contributed by atoms with van der Waals surface area (Å²) in [6.07, 6.45) is 8.03. The summed E-state index contributed by atoms with van der Waals surface area (Å²) in [5.74, 6) is 0. The van der Waals surface area contributed by atoms with Crippen molar-refractivity contribution in [3.8, 4) is 11.1 Å². The van der Waals surface area contributed by atoms with E-state index >= 15 is 0 Å². The van der Waals surface area contributed by atoms with Crippen LogP contribution in [0, 0.1) is 0 Å². The second kappa shape index (κ2) is 8.00. The van der Waals surface area contributed by atoms with Gasteiger partial charge in [0.15, 0.2) is 0 Å². The quantitative estimate of drug-likeness (QED) is 0.209. The summed E-state index contributed by atoms with van der Waals surface area (Å²) in [6.45, 7) is 0. The van der Waals surface area contributed by atoms with Crippen molar-refractivity contribution >= 4 is 52.1 Å². The molecular formula is C26H19CuN5. The standard InChI is InChI=1S/C26H19N5.Cu/c27-25-4-2-1-3-23(25)24-14-22-13-20-8-7-18(29-20)11-16-5-6-17(28-16)12-19-9-10-21(30-19)15-26(24)31-22;/h1-15,29,31H,27H2;. The first-order chi connectivity index (χ1) is 15.2. The van der Waals surface area contributed by atoms with E-state index in [2.05, 4.69) is 45.3 Å². The van der Waals surface area contributed by atoms with Gasteiger partial charge in [0.05, 0.1) is 22.8 Å². The van der Waals surface area contributed by atoms with Crippen LogP contribution in [0.15, 0.2) is 66.7 Å². The van der Waals surface area contributed by atoms with Gasteiger partial charge < -0.3 is 15.7 Å². The minimum absolute atomic E-state index is 0. The van der Waals surface area contributed by atoms with Gasteiger partial charge in [0.1, 0.15) is 0 Å². The molecule has 0 fully saturated rings. The zero-order valence-electron chi connectivity index (χ0n) is 16.9.